The second kappa shape index (κ2) is 6.27. The predicted octanol–water partition coefficient (Wildman–Crippen LogP) is 2.19. The van der Waals surface area contributed by atoms with Crippen molar-refractivity contribution in [3.05, 3.63) is 29.8 Å². The van der Waals surface area contributed by atoms with Crippen molar-refractivity contribution in [2.45, 2.75) is 27.4 Å². The van der Waals surface area contributed by atoms with E-state index in [1.165, 1.54) is 5.69 Å². The molecule has 4 heteroatoms. The summed E-state index contributed by atoms with van der Waals surface area (Å²) >= 11 is 0. The highest BCUT2D eigenvalue weighted by Gasteiger charge is 2.23. The average Bonchev–Trinajstić information content (AvgIpc) is 2.45. The van der Waals surface area contributed by atoms with Gasteiger partial charge in [-0.1, -0.05) is 12.1 Å². The maximum absolute atomic E-state index is 11.8. The number of ether oxygens (including phenoxy) is 1. The number of nitrogens with zero attached hydrogens (tertiary/aromatic N) is 1. The van der Waals surface area contributed by atoms with Crippen LogP contribution in [0.2, 0.25) is 0 Å². The van der Waals surface area contributed by atoms with Gasteiger partial charge in [0.25, 0.3) is 0 Å². The number of hydrogen-bond acceptors (Lipinski definition) is 4. The van der Waals surface area contributed by atoms with Gasteiger partial charge in [-0.15, -0.1) is 0 Å². The SMILES string of the molecule is CC(C)(C)C(=O)OCc1cccc(N2CCNCC2)c1. The van der Waals surface area contributed by atoms with Crippen molar-refractivity contribution in [2.24, 2.45) is 5.41 Å². The highest BCUT2D eigenvalue weighted by atomic mass is 16.5. The van der Waals surface area contributed by atoms with Crippen molar-refractivity contribution >= 4 is 11.7 Å². The summed E-state index contributed by atoms with van der Waals surface area (Å²) in [6, 6.07) is 8.25. The highest BCUT2D eigenvalue weighted by molar-refractivity contribution is 5.75. The lowest BCUT2D eigenvalue weighted by atomic mass is 9.97. The van der Waals surface area contributed by atoms with Gasteiger partial charge >= 0.3 is 5.97 Å². The van der Waals surface area contributed by atoms with Gasteiger partial charge in [-0.25, -0.2) is 0 Å². The Morgan fingerprint density at radius 3 is 2.65 bits per heavy atom. The lowest BCUT2D eigenvalue weighted by Gasteiger charge is -2.29. The van der Waals surface area contributed by atoms with Gasteiger partial charge < -0.3 is 15.0 Å². The Bertz CT molecular complexity index is 460. The van der Waals surface area contributed by atoms with Gasteiger partial charge in [0.1, 0.15) is 6.61 Å². The van der Waals surface area contributed by atoms with Crippen molar-refractivity contribution in [3.8, 4) is 0 Å². The van der Waals surface area contributed by atoms with E-state index in [9.17, 15) is 4.79 Å². The Morgan fingerprint density at radius 1 is 1.30 bits per heavy atom. The molecule has 0 aliphatic carbocycles. The molecule has 0 saturated carbocycles. The third-order valence-electron chi connectivity index (χ3n) is 3.38. The van der Waals surface area contributed by atoms with Gasteiger partial charge in [-0.3, -0.25) is 4.79 Å². The number of nitrogens with one attached hydrogen (secondary N) is 1. The van der Waals surface area contributed by atoms with Gasteiger partial charge in [0.15, 0.2) is 0 Å². The number of hydrogen-bond donors (Lipinski definition) is 1. The molecule has 20 heavy (non-hydrogen) atoms. The van der Waals surface area contributed by atoms with Gasteiger partial charge in [0.2, 0.25) is 0 Å². The van der Waals surface area contributed by atoms with Crippen LogP contribution in [0, 0.1) is 5.41 Å². The summed E-state index contributed by atoms with van der Waals surface area (Å²) in [5.41, 5.74) is 1.80. The summed E-state index contributed by atoms with van der Waals surface area (Å²) in [6.07, 6.45) is 0. The fraction of sp³-hybridized carbons (Fsp3) is 0.562. The Morgan fingerprint density at radius 2 is 2.00 bits per heavy atom. The zero-order valence-corrected chi connectivity index (χ0v) is 12.6. The van der Waals surface area contributed by atoms with E-state index >= 15 is 0 Å². The number of benzene rings is 1. The fourth-order valence-electron chi connectivity index (χ4n) is 2.13. The van der Waals surface area contributed by atoms with E-state index in [-0.39, 0.29) is 5.97 Å². The van der Waals surface area contributed by atoms with E-state index < -0.39 is 5.41 Å². The first-order chi connectivity index (χ1) is 9.47. The summed E-state index contributed by atoms with van der Waals surface area (Å²) in [7, 11) is 0. The topological polar surface area (TPSA) is 41.6 Å². The Labute approximate surface area is 121 Å². The lowest BCUT2D eigenvalue weighted by Crippen LogP contribution is -2.43. The number of carbonyl (C=O) groups is 1. The van der Waals surface area contributed by atoms with Gasteiger partial charge in [0, 0.05) is 31.9 Å². The minimum atomic E-state index is -0.448. The summed E-state index contributed by atoms with van der Waals surface area (Å²) in [5.74, 6) is -0.162. The van der Waals surface area contributed by atoms with E-state index in [0.717, 1.165) is 31.7 Å². The average molecular weight is 276 g/mol. The molecule has 0 unspecified atom stereocenters. The van der Waals surface area contributed by atoms with Crippen molar-refractivity contribution < 1.29 is 9.53 Å². The van der Waals surface area contributed by atoms with Crippen molar-refractivity contribution in [1.82, 2.24) is 5.32 Å². The van der Waals surface area contributed by atoms with Crippen LogP contribution in [-0.4, -0.2) is 32.1 Å². The first-order valence-corrected chi connectivity index (χ1v) is 7.19. The Balaban J connectivity index is 1.97. The van der Waals surface area contributed by atoms with Crippen LogP contribution in [0.1, 0.15) is 26.3 Å². The van der Waals surface area contributed by atoms with Crippen LogP contribution < -0.4 is 10.2 Å². The van der Waals surface area contributed by atoms with Crippen molar-refractivity contribution in [1.29, 1.82) is 0 Å². The molecule has 1 aromatic carbocycles. The molecule has 1 saturated heterocycles. The largest absolute Gasteiger partial charge is 0.460 e. The minimum Gasteiger partial charge on any atom is -0.460 e. The first-order valence-electron chi connectivity index (χ1n) is 7.19. The molecule has 1 heterocycles. The molecule has 1 fully saturated rings. The van der Waals surface area contributed by atoms with Crippen molar-refractivity contribution in [2.75, 3.05) is 31.1 Å². The van der Waals surface area contributed by atoms with E-state index in [1.54, 1.807) is 0 Å². The zero-order valence-electron chi connectivity index (χ0n) is 12.6. The van der Waals surface area contributed by atoms with E-state index in [4.69, 9.17) is 4.74 Å². The molecule has 0 spiro atoms. The quantitative estimate of drug-likeness (QED) is 0.859. The van der Waals surface area contributed by atoms with E-state index in [1.807, 2.05) is 32.9 Å². The molecule has 1 aliphatic heterocycles. The van der Waals surface area contributed by atoms with Crippen LogP contribution in [0.5, 0.6) is 0 Å². The van der Waals surface area contributed by atoms with Gasteiger partial charge in [-0.05, 0) is 38.5 Å². The normalized spacial score (nSPS) is 16.1. The molecular weight excluding hydrogens is 252 g/mol. The summed E-state index contributed by atoms with van der Waals surface area (Å²) in [5, 5.41) is 3.34. The minimum absolute atomic E-state index is 0.162. The molecule has 110 valence electrons. The summed E-state index contributed by atoms with van der Waals surface area (Å²) in [6.45, 7) is 10.0. The van der Waals surface area contributed by atoms with Crippen LogP contribution in [-0.2, 0) is 16.1 Å². The van der Waals surface area contributed by atoms with Crippen LogP contribution in [0.25, 0.3) is 0 Å². The fourth-order valence-corrected chi connectivity index (χ4v) is 2.13. The van der Waals surface area contributed by atoms with Crippen LogP contribution in [0.15, 0.2) is 24.3 Å². The maximum atomic E-state index is 11.8. The van der Waals surface area contributed by atoms with Crippen LogP contribution in [0.3, 0.4) is 0 Å². The van der Waals surface area contributed by atoms with Crippen LogP contribution in [0.4, 0.5) is 5.69 Å². The third kappa shape index (κ3) is 3.97. The second-order valence-electron chi connectivity index (χ2n) is 6.23. The number of piperazine rings is 1. The smallest absolute Gasteiger partial charge is 0.311 e. The van der Waals surface area contributed by atoms with Gasteiger partial charge in [-0.2, -0.15) is 0 Å². The molecule has 1 aromatic rings. The Kier molecular flexibility index (Phi) is 4.65. The summed E-state index contributed by atoms with van der Waals surface area (Å²) < 4.78 is 5.37. The standard InChI is InChI=1S/C16H24N2O2/c1-16(2,3)15(19)20-12-13-5-4-6-14(11-13)18-9-7-17-8-10-18/h4-6,11,17H,7-10,12H2,1-3H3. The van der Waals surface area contributed by atoms with E-state index in [0.29, 0.717) is 6.61 Å². The second-order valence-corrected chi connectivity index (χ2v) is 6.23. The van der Waals surface area contributed by atoms with Crippen molar-refractivity contribution in [3.63, 3.8) is 0 Å². The molecule has 0 atom stereocenters. The molecule has 0 aromatic heterocycles. The number of anilines is 1. The molecular formula is C16H24N2O2. The molecule has 2 rings (SSSR count). The lowest BCUT2D eigenvalue weighted by molar-refractivity contribution is -0.154. The molecule has 0 radical (unpaired) electrons. The monoisotopic (exact) mass is 276 g/mol. The number of carbonyl (C=O) groups excluding carboxylic acids is 1. The molecule has 1 N–H and O–H groups in total. The number of rotatable bonds is 3. The third-order valence-corrected chi connectivity index (χ3v) is 3.38. The Hall–Kier alpha value is -1.55. The summed E-state index contributed by atoms with van der Waals surface area (Å²) in [4.78, 5) is 14.1. The molecule has 0 bridgehead atoms. The highest BCUT2D eigenvalue weighted by Crippen LogP contribution is 2.19. The van der Waals surface area contributed by atoms with E-state index in [2.05, 4.69) is 22.3 Å². The molecule has 0 amide bonds. The predicted molar refractivity (Wildman–Crippen MR) is 80.8 cm³/mol. The first kappa shape index (κ1) is 14.9. The zero-order chi connectivity index (χ0) is 14.6. The van der Waals surface area contributed by atoms with Crippen LogP contribution >= 0.6 is 0 Å². The van der Waals surface area contributed by atoms with Gasteiger partial charge in [0.05, 0.1) is 5.41 Å². The molecule has 4 nitrogen and oxygen atoms in total. The number of esters is 1. The molecule has 1 aliphatic rings. The maximum Gasteiger partial charge on any atom is 0.311 e.